The van der Waals surface area contributed by atoms with Crippen molar-refractivity contribution in [2.24, 2.45) is 0 Å². The van der Waals surface area contributed by atoms with Crippen LogP contribution < -0.4 is 0 Å². The quantitative estimate of drug-likeness (QED) is 0.731. The molecule has 1 saturated heterocycles. The normalized spacial score (nSPS) is 29.2. The molecule has 1 fully saturated rings. The molecule has 1 aliphatic rings. The molecule has 0 N–H and O–H groups in total. The predicted octanol–water partition coefficient (Wildman–Crippen LogP) is 2.11. The van der Waals surface area contributed by atoms with Gasteiger partial charge >= 0.3 is 6.61 Å². The van der Waals surface area contributed by atoms with Crippen LogP contribution in [0, 0.1) is 0 Å². The lowest BCUT2D eigenvalue weighted by molar-refractivity contribution is -0.179. The molecule has 3 atom stereocenters. The number of alkyl halides is 2. The van der Waals surface area contributed by atoms with Crippen LogP contribution in [0.1, 0.15) is 27.2 Å². The first-order chi connectivity index (χ1) is 7.41. The van der Waals surface area contributed by atoms with Crippen molar-refractivity contribution in [2.45, 2.75) is 58.2 Å². The first-order valence-electron chi connectivity index (χ1n) is 5.71. The lowest BCUT2D eigenvalue weighted by atomic mass is 10.1. The maximum absolute atomic E-state index is 12.2. The highest BCUT2D eigenvalue weighted by Gasteiger charge is 2.38. The molecule has 16 heavy (non-hydrogen) atoms. The predicted molar refractivity (Wildman–Crippen MR) is 57.6 cm³/mol. The average Bonchev–Trinajstić information content (AvgIpc) is 2.44. The van der Waals surface area contributed by atoms with Crippen LogP contribution in [0.4, 0.5) is 8.78 Å². The molecule has 96 valence electrons. The van der Waals surface area contributed by atoms with Gasteiger partial charge in [-0.25, -0.2) is 0 Å². The van der Waals surface area contributed by atoms with E-state index in [1.54, 1.807) is 0 Å². The Balaban J connectivity index is 2.58. The Bertz CT molecular complexity index is 214. The van der Waals surface area contributed by atoms with E-state index in [1.165, 1.54) is 0 Å². The summed E-state index contributed by atoms with van der Waals surface area (Å²) in [6.45, 7) is 3.86. The molecule has 3 nitrogen and oxygen atoms in total. The van der Waals surface area contributed by atoms with Gasteiger partial charge in [-0.05, 0) is 34.2 Å². The Hall–Kier alpha value is -0.260. The SMILES string of the molecule is CC(C)O[C@@H](C)[C@@H]1[C@@H](OC(F)F)CCN1C. The molecule has 0 aliphatic carbocycles. The van der Waals surface area contributed by atoms with Crippen molar-refractivity contribution in [2.75, 3.05) is 13.6 Å². The van der Waals surface area contributed by atoms with Crippen molar-refractivity contribution >= 4 is 0 Å². The largest absolute Gasteiger partial charge is 0.374 e. The summed E-state index contributed by atoms with van der Waals surface area (Å²) >= 11 is 0. The topological polar surface area (TPSA) is 21.7 Å². The van der Waals surface area contributed by atoms with Crippen molar-refractivity contribution in [3.63, 3.8) is 0 Å². The summed E-state index contributed by atoms with van der Waals surface area (Å²) in [5.74, 6) is 0. The third-order valence-corrected chi connectivity index (χ3v) is 2.90. The first kappa shape index (κ1) is 13.8. The summed E-state index contributed by atoms with van der Waals surface area (Å²) in [6, 6.07) is -0.0867. The summed E-state index contributed by atoms with van der Waals surface area (Å²) in [4.78, 5) is 2.03. The van der Waals surface area contributed by atoms with Crippen LogP contribution in [0.25, 0.3) is 0 Å². The van der Waals surface area contributed by atoms with Gasteiger partial charge in [-0.15, -0.1) is 0 Å². The summed E-state index contributed by atoms with van der Waals surface area (Å²) in [5, 5.41) is 0. The first-order valence-corrected chi connectivity index (χ1v) is 5.71. The van der Waals surface area contributed by atoms with Gasteiger partial charge in [-0.2, -0.15) is 8.78 Å². The lowest BCUT2D eigenvalue weighted by Gasteiger charge is -2.31. The number of nitrogens with zero attached hydrogens (tertiary/aromatic N) is 1. The van der Waals surface area contributed by atoms with Gasteiger partial charge in [-0.3, -0.25) is 4.90 Å². The van der Waals surface area contributed by atoms with Gasteiger partial charge in [-0.1, -0.05) is 0 Å². The van der Waals surface area contributed by atoms with Crippen molar-refractivity contribution in [1.82, 2.24) is 4.90 Å². The minimum Gasteiger partial charge on any atom is -0.374 e. The molecule has 0 bridgehead atoms. The molecule has 5 heteroatoms. The molecular weight excluding hydrogens is 216 g/mol. The number of ether oxygens (including phenoxy) is 2. The van der Waals surface area contributed by atoms with Crippen LogP contribution in [-0.4, -0.2) is 49.5 Å². The molecule has 0 amide bonds. The Morgan fingerprint density at radius 1 is 1.25 bits per heavy atom. The van der Waals surface area contributed by atoms with E-state index < -0.39 is 12.7 Å². The molecule has 1 heterocycles. The van der Waals surface area contributed by atoms with Crippen molar-refractivity contribution < 1.29 is 18.3 Å². The van der Waals surface area contributed by atoms with Crippen LogP contribution in [0.5, 0.6) is 0 Å². The summed E-state index contributed by atoms with van der Waals surface area (Å²) < 4.78 is 34.8. The molecule has 1 rings (SSSR count). The van der Waals surface area contributed by atoms with E-state index in [9.17, 15) is 8.78 Å². The van der Waals surface area contributed by atoms with E-state index >= 15 is 0 Å². The average molecular weight is 237 g/mol. The molecule has 0 spiro atoms. The highest BCUT2D eigenvalue weighted by atomic mass is 19.3. The molecule has 1 aliphatic heterocycles. The number of likely N-dealkylation sites (tertiary alicyclic amines) is 1. The molecule has 0 aromatic heterocycles. The lowest BCUT2D eigenvalue weighted by Crippen LogP contribution is -2.45. The van der Waals surface area contributed by atoms with Gasteiger partial charge in [0, 0.05) is 6.54 Å². The summed E-state index contributed by atoms with van der Waals surface area (Å²) in [7, 11) is 1.92. The standard InChI is InChI=1S/C11H21F2NO2/c1-7(2)15-8(3)10-9(16-11(12)13)5-6-14(10)4/h7-11H,5-6H2,1-4H3/t8-,9-,10+/m0/s1. The van der Waals surface area contributed by atoms with Crippen LogP contribution >= 0.6 is 0 Å². The maximum Gasteiger partial charge on any atom is 0.345 e. The van der Waals surface area contributed by atoms with Crippen molar-refractivity contribution in [3.05, 3.63) is 0 Å². The van der Waals surface area contributed by atoms with Crippen LogP contribution in [0.15, 0.2) is 0 Å². The molecule has 0 aromatic carbocycles. The van der Waals surface area contributed by atoms with E-state index in [-0.39, 0.29) is 18.2 Å². The van der Waals surface area contributed by atoms with Gasteiger partial charge in [0.05, 0.1) is 24.4 Å². The van der Waals surface area contributed by atoms with Crippen molar-refractivity contribution in [1.29, 1.82) is 0 Å². The zero-order valence-electron chi connectivity index (χ0n) is 10.3. The van der Waals surface area contributed by atoms with Gasteiger partial charge < -0.3 is 9.47 Å². The van der Waals surface area contributed by atoms with Gasteiger partial charge in [0.2, 0.25) is 0 Å². The van der Waals surface area contributed by atoms with E-state index in [4.69, 9.17) is 4.74 Å². The number of hydrogen-bond acceptors (Lipinski definition) is 3. The van der Waals surface area contributed by atoms with E-state index in [0.29, 0.717) is 6.42 Å². The fourth-order valence-corrected chi connectivity index (χ4v) is 2.39. The zero-order valence-corrected chi connectivity index (χ0v) is 10.3. The smallest absolute Gasteiger partial charge is 0.345 e. The van der Waals surface area contributed by atoms with Crippen molar-refractivity contribution in [3.8, 4) is 0 Å². The number of likely N-dealkylation sites (N-methyl/N-ethyl adjacent to an activating group) is 1. The number of hydrogen-bond donors (Lipinski definition) is 0. The summed E-state index contributed by atoms with van der Waals surface area (Å²) in [6.07, 6.45) is 0.198. The highest BCUT2D eigenvalue weighted by Crippen LogP contribution is 2.25. The second-order valence-corrected chi connectivity index (χ2v) is 4.59. The van der Waals surface area contributed by atoms with E-state index in [1.807, 2.05) is 32.7 Å². The van der Waals surface area contributed by atoms with Crippen LogP contribution in [-0.2, 0) is 9.47 Å². The zero-order chi connectivity index (χ0) is 12.3. The van der Waals surface area contributed by atoms with Crippen LogP contribution in [0.2, 0.25) is 0 Å². The van der Waals surface area contributed by atoms with Gasteiger partial charge in [0.25, 0.3) is 0 Å². The van der Waals surface area contributed by atoms with Gasteiger partial charge in [0.15, 0.2) is 0 Å². The monoisotopic (exact) mass is 237 g/mol. The fraction of sp³-hybridized carbons (Fsp3) is 1.00. The Morgan fingerprint density at radius 3 is 2.38 bits per heavy atom. The van der Waals surface area contributed by atoms with E-state index in [2.05, 4.69) is 4.74 Å². The number of halogens is 2. The second-order valence-electron chi connectivity index (χ2n) is 4.59. The van der Waals surface area contributed by atoms with E-state index in [0.717, 1.165) is 6.54 Å². The summed E-state index contributed by atoms with van der Waals surface area (Å²) in [5.41, 5.74) is 0. The maximum atomic E-state index is 12.2. The Labute approximate surface area is 95.7 Å². The minimum atomic E-state index is -2.70. The molecule has 0 saturated carbocycles. The molecule has 0 aromatic rings. The third kappa shape index (κ3) is 3.64. The molecule has 0 unspecified atom stereocenters. The molecule has 0 radical (unpaired) electrons. The Kier molecular flexibility index (Phi) is 5.08. The Morgan fingerprint density at radius 2 is 1.88 bits per heavy atom. The fourth-order valence-electron chi connectivity index (χ4n) is 2.39. The number of rotatable bonds is 5. The highest BCUT2D eigenvalue weighted by molar-refractivity contribution is 4.90. The minimum absolute atomic E-state index is 0.0867. The van der Waals surface area contributed by atoms with Gasteiger partial charge in [0.1, 0.15) is 0 Å². The second kappa shape index (κ2) is 5.89. The third-order valence-electron chi connectivity index (χ3n) is 2.90. The molecular formula is C11H21F2NO2. The van der Waals surface area contributed by atoms with Crippen LogP contribution in [0.3, 0.4) is 0 Å².